The van der Waals surface area contributed by atoms with E-state index in [1.54, 1.807) is 12.0 Å². The van der Waals surface area contributed by atoms with Gasteiger partial charge in [-0.15, -0.1) is 0 Å². The minimum absolute atomic E-state index is 0.0196. The molecule has 0 radical (unpaired) electrons. The molecule has 7 heteroatoms. The maximum absolute atomic E-state index is 12.4. The first-order valence-electron chi connectivity index (χ1n) is 7.52. The molecule has 0 N–H and O–H groups in total. The average Bonchev–Trinajstić information content (AvgIpc) is 2.47. The molecule has 1 unspecified atom stereocenters. The molecule has 0 spiro atoms. The van der Waals surface area contributed by atoms with E-state index in [0.717, 1.165) is 21.9 Å². The van der Waals surface area contributed by atoms with E-state index < -0.39 is 10.0 Å². The van der Waals surface area contributed by atoms with Gasteiger partial charge >= 0.3 is 0 Å². The van der Waals surface area contributed by atoms with E-state index in [1.807, 2.05) is 38.1 Å². The van der Waals surface area contributed by atoms with Crippen LogP contribution in [0.4, 0.5) is 0 Å². The van der Waals surface area contributed by atoms with E-state index in [1.165, 1.54) is 7.05 Å². The quantitative estimate of drug-likeness (QED) is 0.715. The Kier molecular flexibility index (Phi) is 7.02. The lowest BCUT2D eigenvalue weighted by Crippen LogP contribution is -2.45. The number of nitrogens with zero attached hydrogens (tertiary/aromatic N) is 2. The SMILES string of the molecule is CCN(C(=O)CN(C)S(C)(=O)=O)C(C)Cc1ccc(OC)cc1. The summed E-state index contributed by atoms with van der Waals surface area (Å²) in [5, 5.41) is 0. The predicted octanol–water partition coefficient (Wildman–Crippen LogP) is 1.37. The smallest absolute Gasteiger partial charge is 0.238 e. The predicted molar refractivity (Wildman–Crippen MR) is 91.0 cm³/mol. The number of hydrogen-bond donors (Lipinski definition) is 0. The highest BCUT2D eigenvalue weighted by Crippen LogP contribution is 2.15. The fourth-order valence-electron chi connectivity index (χ4n) is 2.35. The Morgan fingerprint density at radius 2 is 1.83 bits per heavy atom. The third-order valence-corrected chi connectivity index (χ3v) is 5.07. The van der Waals surface area contributed by atoms with Gasteiger partial charge in [-0.3, -0.25) is 4.79 Å². The molecule has 130 valence electrons. The number of likely N-dealkylation sites (N-methyl/N-ethyl adjacent to an activating group) is 2. The van der Waals surface area contributed by atoms with Crippen molar-refractivity contribution in [3.63, 3.8) is 0 Å². The van der Waals surface area contributed by atoms with Crippen molar-refractivity contribution in [3.05, 3.63) is 29.8 Å². The molecule has 0 heterocycles. The van der Waals surface area contributed by atoms with Gasteiger partial charge in [0.25, 0.3) is 0 Å². The Morgan fingerprint density at radius 1 is 1.26 bits per heavy atom. The fourth-order valence-corrected chi connectivity index (χ4v) is 2.69. The molecule has 0 aliphatic rings. The lowest BCUT2D eigenvalue weighted by Gasteiger charge is -2.29. The second-order valence-corrected chi connectivity index (χ2v) is 7.69. The highest BCUT2D eigenvalue weighted by Gasteiger charge is 2.23. The first-order valence-corrected chi connectivity index (χ1v) is 9.37. The van der Waals surface area contributed by atoms with Gasteiger partial charge in [0.05, 0.1) is 19.9 Å². The summed E-state index contributed by atoms with van der Waals surface area (Å²) >= 11 is 0. The first kappa shape index (κ1) is 19.4. The van der Waals surface area contributed by atoms with Gasteiger partial charge in [0, 0.05) is 19.6 Å². The van der Waals surface area contributed by atoms with E-state index in [4.69, 9.17) is 4.74 Å². The van der Waals surface area contributed by atoms with Crippen LogP contribution in [-0.2, 0) is 21.2 Å². The number of sulfonamides is 1. The number of methoxy groups -OCH3 is 1. The summed E-state index contributed by atoms with van der Waals surface area (Å²) < 4.78 is 29.1. The lowest BCUT2D eigenvalue weighted by molar-refractivity contribution is -0.132. The van der Waals surface area contributed by atoms with Crippen LogP contribution in [0.3, 0.4) is 0 Å². The molecule has 0 aliphatic carbocycles. The van der Waals surface area contributed by atoms with Gasteiger partial charge in [0.2, 0.25) is 15.9 Å². The Morgan fingerprint density at radius 3 is 2.26 bits per heavy atom. The summed E-state index contributed by atoms with van der Waals surface area (Å²) in [5.74, 6) is 0.598. The zero-order valence-electron chi connectivity index (χ0n) is 14.4. The van der Waals surface area contributed by atoms with Gasteiger partial charge < -0.3 is 9.64 Å². The van der Waals surface area contributed by atoms with E-state index in [2.05, 4.69) is 0 Å². The molecule has 0 saturated heterocycles. The Hall–Kier alpha value is -1.60. The van der Waals surface area contributed by atoms with Gasteiger partial charge in [-0.1, -0.05) is 12.1 Å². The van der Waals surface area contributed by atoms with Crippen molar-refractivity contribution in [2.45, 2.75) is 26.3 Å². The molecular weight excluding hydrogens is 316 g/mol. The van der Waals surface area contributed by atoms with Crippen LogP contribution in [0.5, 0.6) is 5.75 Å². The molecule has 1 atom stereocenters. The topological polar surface area (TPSA) is 66.9 Å². The maximum Gasteiger partial charge on any atom is 0.238 e. The Labute approximate surface area is 139 Å². The number of benzene rings is 1. The third kappa shape index (κ3) is 5.84. The van der Waals surface area contributed by atoms with Crippen LogP contribution in [0.1, 0.15) is 19.4 Å². The molecule has 0 fully saturated rings. The Bertz CT molecular complexity index is 613. The number of amides is 1. The van der Waals surface area contributed by atoms with Gasteiger partial charge in [-0.2, -0.15) is 4.31 Å². The number of ether oxygens (including phenoxy) is 1. The summed E-state index contributed by atoms with van der Waals surface area (Å²) in [6.45, 7) is 4.25. The highest BCUT2D eigenvalue weighted by molar-refractivity contribution is 7.88. The summed E-state index contributed by atoms with van der Waals surface area (Å²) in [6, 6.07) is 7.69. The number of carbonyl (C=O) groups excluding carboxylic acids is 1. The molecule has 1 amide bonds. The van der Waals surface area contributed by atoms with Crippen molar-refractivity contribution in [2.75, 3.05) is 33.5 Å². The first-order chi connectivity index (χ1) is 10.7. The lowest BCUT2D eigenvalue weighted by atomic mass is 10.1. The van der Waals surface area contributed by atoms with Crippen molar-refractivity contribution < 1.29 is 17.9 Å². The monoisotopic (exact) mass is 342 g/mol. The number of hydrogen-bond acceptors (Lipinski definition) is 4. The second-order valence-electron chi connectivity index (χ2n) is 5.60. The molecule has 6 nitrogen and oxygen atoms in total. The van der Waals surface area contributed by atoms with Gasteiger partial charge in [-0.25, -0.2) is 8.42 Å². The number of rotatable bonds is 8. The minimum Gasteiger partial charge on any atom is -0.497 e. The average molecular weight is 342 g/mol. The van der Waals surface area contributed by atoms with Crippen LogP contribution < -0.4 is 4.74 Å². The third-order valence-electron chi connectivity index (χ3n) is 3.81. The van der Waals surface area contributed by atoms with Crippen molar-refractivity contribution in [1.82, 2.24) is 9.21 Å². The van der Waals surface area contributed by atoms with Gasteiger partial charge in [0.15, 0.2) is 0 Å². The molecule has 1 rings (SSSR count). The van der Waals surface area contributed by atoms with E-state index in [-0.39, 0.29) is 18.5 Å². The minimum atomic E-state index is -3.36. The molecular formula is C16H26N2O4S. The zero-order chi connectivity index (χ0) is 17.6. The van der Waals surface area contributed by atoms with E-state index >= 15 is 0 Å². The van der Waals surface area contributed by atoms with Crippen molar-refractivity contribution in [2.24, 2.45) is 0 Å². The summed E-state index contributed by atoms with van der Waals surface area (Å²) in [5.41, 5.74) is 1.10. The van der Waals surface area contributed by atoms with Crippen LogP contribution in [0.25, 0.3) is 0 Å². The van der Waals surface area contributed by atoms with Crippen LogP contribution in [0.15, 0.2) is 24.3 Å². The summed E-state index contributed by atoms with van der Waals surface area (Å²) in [4.78, 5) is 14.1. The van der Waals surface area contributed by atoms with Gasteiger partial charge in [-0.05, 0) is 38.0 Å². The molecule has 0 aromatic heterocycles. The van der Waals surface area contributed by atoms with Crippen LogP contribution in [0.2, 0.25) is 0 Å². The highest BCUT2D eigenvalue weighted by atomic mass is 32.2. The normalized spacial score (nSPS) is 13.0. The summed E-state index contributed by atoms with van der Waals surface area (Å²) in [6.07, 6.45) is 1.80. The van der Waals surface area contributed by atoms with Crippen LogP contribution >= 0.6 is 0 Å². The molecule has 0 aliphatic heterocycles. The summed E-state index contributed by atoms with van der Waals surface area (Å²) in [7, 11) is -0.330. The maximum atomic E-state index is 12.4. The molecule has 23 heavy (non-hydrogen) atoms. The van der Waals surface area contributed by atoms with Crippen molar-refractivity contribution >= 4 is 15.9 Å². The van der Waals surface area contributed by atoms with E-state index in [0.29, 0.717) is 13.0 Å². The standard InChI is InChI=1S/C16H26N2O4S/c1-6-18(16(19)12-17(3)23(5,20)21)13(2)11-14-7-9-15(22-4)10-8-14/h7-10,13H,6,11-12H2,1-5H3. The van der Waals surface area contributed by atoms with Crippen molar-refractivity contribution in [1.29, 1.82) is 0 Å². The Balaban J connectivity index is 2.73. The fraction of sp³-hybridized carbons (Fsp3) is 0.562. The molecule has 1 aromatic carbocycles. The van der Waals surface area contributed by atoms with Crippen LogP contribution in [0, 0.1) is 0 Å². The van der Waals surface area contributed by atoms with Crippen molar-refractivity contribution in [3.8, 4) is 5.75 Å². The second kappa shape index (κ2) is 8.31. The largest absolute Gasteiger partial charge is 0.497 e. The van der Waals surface area contributed by atoms with Gasteiger partial charge in [0.1, 0.15) is 5.75 Å². The molecule has 1 aromatic rings. The van der Waals surface area contributed by atoms with E-state index in [9.17, 15) is 13.2 Å². The zero-order valence-corrected chi connectivity index (χ0v) is 15.3. The number of carbonyl (C=O) groups is 1. The molecule has 0 saturated carbocycles. The molecule has 0 bridgehead atoms. The van der Waals surface area contributed by atoms with Crippen LogP contribution in [-0.4, -0.2) is 63.1 Å².